The molecule has 0 aliphatic carbocycles. The van der Waals surface area contributed by atoms with Gasteiger partial charge in [-0.2, -0.15) is 0 Å². The van der Waals surface area contributed by atoms with Gasteiger partial charge >= 0.3 is 146 Å². The number of pyridine rings is 2. The van der Waals surface area contributed by atoms with Crippen molar-refractivity contribution in [3.63, 3.8) is 0 Å². The molecule has 1 radical (unpaired) electrons. The van der Waals surface area contributed by atoms with E-state index < -0.39 is 20.1 Å². The fourth-order valence-corrected chi connectivity index (χ4v) is 8.77. The molecule has 3 nitrogen and oxygen atoms in total. The van der Waals surface area contributed by atoms with Crippen molar-refractivity contribution in [2.75, 3.05) is 0 Å². The minimum Gasteiger partial charge on any atom is 0 e. The van der Waals surface area contributed by atoms with Gasteiger partial charge in [0.05, 0.1) is 5.58 Å². The molecule has 0 aliphatic rings. The first-order chi connectivity index (χ1) is 26.6. The van der Waals surface area contributed by atoms with Crippen LogP contribution in [0.1, 0.15) is 36.0 Å². The van der Waals surface area contributed by atoms with Crippen LogP contribution >= 0.6 is 0 Å². The SMILES string of the molecule is CC(C)(C)Cc1ccnc(-c2[c-]c3oc4cccc(-c5ccccc5)c4c3cc2)c1.[2H]C([2H])([2H])c1c[c-]c(-c2cc[c]([Ge]([CH3])([CH3])[CH3])cn2)cc1-c1ccccc1.[Ir]. The molecule has 0 fully saturated rings. The summed E-state index contributed by atoms with van der Waals surface area (Å²) in [6.07, 6.45) is 4.86. The number of hydrogen-bond acceptors (Lipinski definition) is 3. The van der Waals surface area contributed by atoms with Crippen LogP contribution in [0.4, 0.5) is 0 Å². The Bertz CT molecular complexity index is 2610. The van der Waals surface area contributed by atoms with Gasteiger partial charge in [0.25, 0.3) is 0 Å². The Labute approximate surface area is 340 Å². The third-order valence-electron chi connectivity index (χ3n) is 9.28. The third-order valence-corrected chi connectivity index (χ3v) is 13.5. The predicted octanol–water partition coefficient (Wildman–Crippen LogP) is 12.8. The first-order valence-corrected chi connectivity index (χ1v) is 25.5. The van der Waals surface area contributed by atoms with E-state index in [1.165, 1.54) is 21.1 Å². The van der Waals surface area contributed by atoms with E-state index >= 15 is 0 Å². The van der Waals surface area contributed by atoms with E-state index in [0.29, 0.717) is 11.1 Å². The van der Waals surface area contributed by atoms with Crippen LogP contribution in [0.2, 0.25) is 17.3 Å². The number of fused-ring (bicyclic) bond motifs is 3. The van der Waals surface area contributed by atoms with Crippen LogP contribution in [0.3, 0.4) is 0 Å². The fraction of sp³-hybridized carbons (Fsp3) is 0.184. The number of rotatable bonds is 6. The normalized spacial score (nSPS) is 12.6. The van der Waals surface area contributed by atoms with Gasteiger partial charge in [-0.3, -0.25) is 0 Å². The summed E-state index contributed by atoms with van der Waals surface area (Å²) in [5.74, 6) is 7.00. The van der Waals surface area contributed by atoms with Gasteiger partial charge in [0.15, 0.2) is 0 Å². The Kier molecular flexibility index (Phi) is 10.7. The average Bonchev–Trinajstić information content (AvgIpc) is 3.56. The Hall–Kier alpha value is -4.61. The van der Waals surface area contributed by atoms with E-state index in [-0.39, 0.29) is 25.5 Å². The molecule has 5 heteroatoms. The largest absolute Gasteiger partial charge is 0 e. The van der Waals surface area contributed by atoms with Gasteiger partial charge in [0.2, 0.25) is 0 Å². The molecule has 8 rings (SSSR count). The van der Waals surface area contributed by atoms with Crippen molar-refractivity contribution in [2.24, 2.45) is 5.41 Å². The Morgan fingerprint density at radius 1 is 0.722 bits per heavy atom. The summed E-state index contributed by atoms with van der Waals surface area (Å²) in [5.41, 5.74) is 11.0. The molecule has 3 heterocycles. The van der Waals surface area contributed by atoms with Crippen LogP contribution in [-0.2, 0) is 26.5 Å². The Morgan fingerprint density at radius 2 is 1.44 bits per heavy atom. The maximum absolute atomic E-state index is 7.84. The van der Waals surface area contributed by atoms with Crippen LogP contribution < -0.4 is 4.40 Å². The molecule has 0 saturated carbocycles. The van der Waals surface area contributed by atoms with Crippen molar-refractivity contribution in [1.82, 2.24) is 9.97 Å². The molecule has 0 aliphatic heterocycles. The maximum atomic E-state index is 7.84. The molecule has 0 unspecified atom stereocenters. The molecule has 0 bridgehead atoms. The Balaban J connectivity index is 0.000000192. The summed E-state index contributed by atoms with van der Waals surface area (Å²) in [5, 5.41) is 2.22. The zero-order chi connectivity index (χ0) is 39.7. The molecule has 5 aromatic carbocycles. The van der Waals surface area contributed by atoms with E-state index in [0.717, 1.165) is 56.4 Å². The zero-order valence-electron chi connectivity index (χ0n) is 34.6. The second-order valence-corrected chi connectivity index (χ2v) is 26.4. The van der Waals surface area contributed by atoms with Crippen LogP contribution in [-0.4, -0.2) is 23.2 Å². The molecule has 8 aromatic rings. The molecular formula is C49H46GeIrN2O-2. The first kappa shape index (κ1) is 35.1. The molecule has 0 spiro atoms. The summed E-state index contributed by atoms with van der Waals surface area (Å²) in [4.78, 5) is 9.21. The van der Waals surface area contributed by atoms with Gasteiger partial charge in [0, 0.05) is 26.3 Å². The number of aryl methyl sites for hydroxylation is 1. The molecule has 273 valence electrons. The van der Waals surface area contributed by atoms with Crippen LogP contribution in [0.15, 0.2) is 144 Å². The van der Waals surface area contributed by atoms with Crippen molar-refractivity contribution in [1.29, 1.82) is 0 Å². The van der Waals surface area contributed by atoms with Gasteiger partial charge < -0.3 is 9.40 Å². The van der Waals surface area contributed by atoms with Crippen molar-refractivity contribution in [3.05, 3.63) is 163 Å². The topological polar surface area (TPSA) is 38.9 Å². The van der Waals surface area contributed by atoms with Gasteiger partial charge in [0.1, 0.15) is 5.58 Å². The molecule has 0 amide bonds. The smallest absolute Gasteiger partial charge is 0 e. The second-order valence-electron chi connectivity index (χ2n) is 15.8. The quantitative estimate of drug-likeness (QED) is 0.123. The van der Waals surface area contributed by atoms with Crippen molar-refractivity contribution < 1.29 is 28.6 Å². The number of aromatic nitrogens is 2. The van der Waals surface area contributed by atoms with Crippen molar-refractivity contribution >= 4 is 39.6 Å². The summed E-state index contributed by atoms with van der Waals surface area (Å²) < 4.78 is 31.1. The Morgan fingerprint density at radius 3 is 2.09 bits per heavy atom. The summed E-state index contributed by atoms with van der Waals surface area (Å²) in [7, 11) is 0. The first-order valence-electron chi connectivity index (χ1n) is 19.6. The molecule has 54 heavy (non-hydrogen) atoms. The summed E-state index contributed by atoms with van der Waals surface area (Å²) in [6, 6.07) is 49.0. The molecule has 0 atom stereocenters. The van der Waals surface area contributed by atoms with Gasteiger partial charge in [-0.1, -0.05) is 86.3 Å². The minimum absolute atomic E-state index is 0. The summed E-state index contributed by atoms with van der Waals surface area (Å²) in [6.45, 7) is 4.58. The van der Waals surface area contributed by atoms with E-state index in [9.17, 15) is 0 Å². The van der Waals surface area contributed by atoms with Crippen LogP contribution in [0.25, 0.3) is 66.7 Å². The molecule has 3 aromatic heterocycles. The maximum Gasteiger partial charge on any atom is 0 e. The third kappa shape index (κ3) is 9.01. The van der Waals surface area contributed by atoms with Gasteiger partial charge in [-0.15, -0.1) is 17.7 Å². The zero-order valence-corrected chi connectivity index (χ0v) is 36.1. The van der Waals surface area contributed by atoms with Crippen LogP contribution in [0, 0.1) is 24.4 Å². The standard InChI is InChI=1S/C28H24NO.C21H22GeN.Ir/c1-28(2,3)18-19-14-15-29-24(16-19)21-12-13-23-26(17-21)30-25-11-7-10-22(27(23)25)20-8-5-4-6-9-20;1-16-10-11-18(14-20(16)17-8-6-5-7-9-17)21-13-12-19(15-23-21)22(2,3)4;/h4-16H,18H2,1-3H3;5-10,12-15H,1-4H3;/q2*-1;/i;1D3;. The van der Waals surface area contributed by atoms with Gasteiger partial charge in [-0.25, -0.2) is 0 Å². The number of nitrogens with zero attached hydrogens (tertiary/aromatic N) is 2. The minimum atomic E-state index is -2.18. The number of benzene rings is 5. The molecule has 0 saturated heterocycles. The fourth-order valence-electron chi connectivity index (χ4n) is 6.60. The molecule has 0 N–H and O–H groups in total. The average molecular weight is 947 g/mol. The van der Waals surface area contributed by atoms with E-state index in [1.54, 1.807) is 6.07 Å². The number of furan rings is 1. The number of hydrogen-bond donors (Lipinski definition) is 0. The van der Waals surface area contributed by atoms with Gasteiger partial charge in [-0.05, 0) is 46.2 Å². The van der Waals surface area contributed by atoms with E-state index in [4.69, 9.17) is 8.53 Å². The van der Waals surface area contributed by atoms with Crippen LogP contribution in [0.5, 0.6) is 0 Å². The van der Waals surface area contributed by atoms with Crippen molar-refractivity contribution in [3.8, 4) is 44.8 Å². The predicted molar refractivity (Wildman–Crippen MR) is 226 cm³/mol. The van der Waals surface area contributed by atoms with Crippen molar-refractivity contribution in [2.45, 2.75) is 51.3 Å². The van der Waals surface area contributed by atoms with E-state index in [2.05, 4.69) is 121 Å². The summed E-state index contributed by atoms with van der Waals surface area (Å²) >= 11 is -1.91. The van der Waals surface area contributed by atoms with E-state index in [1.807, 2.05) is 73.1 Å². The molecular weight excluding hydrogens is 897 g/mol. The second kappa shape index (κ2) is 16.4. The monoisotopic (exact) mass is 948 g/mol.